The number of hydrogen-bond donors (Lipinski definition) is 1. The number of fused-ring (bicyclic) bond motifs is 1. The summed E-state index contributed by atoms with van der Waals surface area (Å²) < 4.78 is 2.10. The number of aryl methyl sites for hydroxylation is 1. The zero-order chi connectivity index (χ0) is 20.8. The van der Waals surface area contributed by atoms with E-state index in [-0.39, 0.29) is 11.3 Å². The number of aromatic amines is 1. The minimum absolute atomic E-state index is 0.0469. The third-order valence-corrected chi connectivity index (χ3v) is 7.35. The maximum atomic E-state index is 12.6. The lowest BCUT2D eigenvalue weighted by molar-refractivity contribution is 0.102. The molecule has 1 aliphatic carbocycles. The molecule has 1 fully saturated rings. The van der Waals surface area contributed by atoms with E-state index in [0.717, 1.165) is 29.5 Å². The first kappa shape index (κ1) is 19.2. The van der Waals surface area contributed by atoms with Crippen LogP contribution in [0.15, 0.2) is 40.3 Å². The van der Waals surface area contributed by atoms with E-state index in [1.54, 1.807) is 6.92 Å². The van der Waals surface area contributed by atoms with E-state index in [2.05, 4.69) is 24.7 Å². The number of aromatic nitrogens is 5. The van der Waals surface area contributed by atoms with E-state index in [9.17, 15) is 9.59 Å². The van der Waals surface area contributed by atoms with Gasteiger partial charge in [-0.1, -0.05) is 30.0 Å². The third kappa shape index (κ3) is 3.37. The van der Waals surface area contributed by atoms with Gasteiger partial charge < -0.3 is 4.98 Å². The molecule has 5 rings (SSSR count). The molecular weight excluding hydrogens is 418 g/mol. The Labute approximate surface area is 180 Å². The molecule has 30 heavy (non-hydrogen) atoms. The fourth-order valence-corrected chi connectivity index (χ4v) is 5.45. The van der Waals surface area contributed by atoms with Gasteiger partial charge in [-0.3, -0.25) is 14.2 Å². The van der Waals surface area contributed by atoms with E-state index in [1.807, 2.05) is 30.3 Å². The molecule has 0 radical (unpaired) electrons. The maximum Gasteiger partial charge on any atom is 0.259 e. The molecule has 0 amide bonds. The molecule has 1 aromatic carbocycles. The summed E-state index contributed by atoms with van der Waals surface area (Å²) in [4.78, 5) is 33.1. The number of benzene rings is 1. The fraction of sp³-hybridized carbons (Fsp3) is 0.286. The maximum absolute atomic E-state index is 12.6. The van der Waals surface area contributed by atoms with E-state index in [0.29, 0.717) is 38.2 Å². The number of para-hydroxylation sites is 1. The highest BCUT2D eigenvalue weighted by Gasteiger charge is 2.31. The topological polar surface area (TPSA) is 93.5 Å². The van der Waals surface area contributed by atoms with Crippen molar-refractivity contribution in [1.29, 1.82) is 0 Å². The van der Waals surface area contributed by atoms with Crippen LogP contribution in [0.5, 0.6) is 0 Å². The Morgan fingerprint density at radius 2 is 2.03 bits per heavy atom. The van der Waals surface area contributed by atoms with Gasteiger partial charge in [-0.25, -0.2) is 4.98 Å². The lowest BCUT2D eigenvalue weighted by atomic mass is 10.2. The summed E-state index contributed by atoms with van der Waals surface area (Å²) in [5.41, 5.74) is 1.53. The Morgan fingerprint density at radius 3 is 2.73 bits per heavy atom. The number of carbonyl (C=O) groups is 1. The molecule has 1 N–H and O–H groups in total. The first-order valence-corrected chi connectivity index (χ1v) is 11.5. The molecule has 0 bridgehead atoms. The van der Waals surface area contributed by atoms with Gasteiger partial charge in [-0.05, 0) is 44.4 Å². The summed E-state index contributed by atoms with van der Waals surface area (Å²) in [6, 6.07) is 10.1. The lowest BCUT2D eigenvalue weighted by Gasteiger charge is -2.09. The van der Waals surface area contributed by atoms with Crippen LogP contribution in [0.4, 0.5) is 0 Å². The summed E-state index contributed by atoms with van der Waals surface area (Å²) in [6.07, 6.45) is 2.27. The highest BCUT2D eigenvalue weighted by molar-refractivity contribution is 7.98. The van der Waals surface area contributed by atoms with E-state index >= 15 is 0 Å². The first-order chi connectivity index (χ1) is 14.5. The fourth-order valence-electron chi connectivity index (χ4n) is 3.53. The molecule has 0 aliphatic heterocycles. The van der Waals surface area contributed by atoms with Crippen molar-refractivity contribution < 1.29 is 4.79 Å². The van der Waals surface area contributed by atoms with Gasteiger partial charge in [0.2, 0.25) is 0 Å². The molecular formula is C21H19N5O2S2. The van der Waals surface area contributed by atoms with Crippen LogP contribution in [0.2, 0.25) is 0 Å². The zero-order valence-corrected chi connectivity index (χ0v) is 18.1. The second-order valence-electron chi connectivity index (χ2n) is 7.38. The third-order valence-electron chi connectivity index (χ3n) is 5.12. The van der Waals surface area contributed by atoms with E-state index in [1.165, 1.54) is 30.0 Å². The predicted octanol–water partition coefficient (Wildman–Crippen LogP) is 4.25. The molecule has 9 heteroatoms. The van der Waals surface area contributed by atoms with Gasteiger partial charge in [0.1, 0.15) is 16.5 Å². The molecule has 1 aliphatic rings. The van der Waals surface area contributed by atoms with Crippen molar-refractivity contribution in [2.75, 3.05) is 0 Å². The Morgan fingerprint density at radius 1 is 1.27 bits per heavy atom. The average molecular weight is 438 g/mol. The number of carbonyl (C=O) groups excluding carboxylic acids is 1. The summed E-state index contributed by atoms with van der Waals surface area (Å²) >= 11 is 2.77. The van der Waals surface area contributed by atoms with Crippen LogP contribution in [-0.2, 0) is 5.75 Å². The molecule has 3 heterocycles. The van der Waals surface area contributed by atoms with Gasteiger partial charge in [-0.2, -0.15) is 0 Å². The van der Waals surface area contributed by atoms with Gasteiger partial charge >= 0.3 is 0 Å². The van der Waals surface area contributed by atoms with Gasteiger partial charge in [0.15, 0.2) is 10.9 Å². The number of thiophene rings is 1. The lowest BCUT2D eigenvalue weighted by Crippen LogP contribution is -2.11. The summed E-state index contributed by atoms with van der Waals surface area (Å²) in [6.45, 7) is 3.30. The highest BCUT2D eigenvalue weighted by Crippen LogP contribution is 2.41. The van der Waals surface area contributed by atoms with Crippen molar-refractivity contribution in [3.8, 4) is 5.69 Å². The number of hydrogen-bond acceptors (Lipinski definition) is 7. The number of nitrogens with zero attached hydrogens (tertiary/aromatic N) is 4. The van der Waals surface area contributed by atoms with Crippen LogP contribution in [-0.4, -0.2) is 30.5 Å². The molecule has 0 saturated heterocycles. The average Bonchev–Trinajstić information content (AvgIpc) is 3.40. The predicted molar refractivity (Wildman–Crippen MR) is 118 cm³/mol. The van der Waals surface area contributed by atoms with Crippen LogP contribution in [0, 0.1) is 6.92 Å². The normalized spacial score (nSPS) is 13.8. The van der Waals surface area contributed by atoms with Gasteiger partial charge in [0.05, 0.1) is 16.0 Å². The number of Topliss-reactive ketones (excluding diaryl/α,β-unsaturated/α-hetero) is 1. The number of nitrogens with one attached hydrogen (secondary N) is 1. The van der Waals surface area contributed by atoms with Gasteiger partial charge in [0.25, 0.3) is 5.56 Å². The molecule has 3 aromatic heterocycles. The van der Waals surface area contributed by atoms with Crippen LogP contribution in [0.3, 0.4) is 0 Å². The van der Waals surface area contributed by atoms with Gasteiger partial charge in [0, 0.05) is 11.6 Å². The van der Waals surface area contributed by atoms with Crippen molar-refractivity contribution in [3.05, 3.63) is 62.8 Å². The highest BCUT2D eigenvalue weighted by atomic mass is 32.2. The van der Waals surface area contributed by atoms with Crippen molar-refractivity contribution in [2.45, 2.75) is 43.5 Å². The van der Waals surface area contributed by atoms with Gasteiger partial charge in [-0.15, -0.1) is 21.5 Å². The Kier molecular flexibility index (Phi) is 4.79. The van der Waals surface area contributed by atoms with Crippen LogP contribution in [0.1, 0.15) is 52.6 Å². The SMILES string of the molecule is CC(=O)c1sc2nc(CSc3nnc(C4CC4)n3-c3ccccc3)[nH]c(=O)c2c1C. The Hall–Kier alpha value is -2.78. The molecule has 0 spiro atoms. The monoisotopic (exact) mass is 437 g/mol. The second-order valence-corrected chi connectivity index (χ2v) is 9.32. The van der Waals surface area contributed by atoms with E-state index < -0.39 is 0 Å². The molecule has 7 nitrogen and oxygen atoms in total. The van der Waals surface area contributed by atoms with Crippen molar-refractivity contribution >= 4 is 39.1 Å². The standard InChI is InChI=1S/C21H19N5O2S2/c1-11-16-19(28)22-15(23-20(16)30-17(11)12(2)27)10-29-21-25-24-18(13-8-9-13)26(21)14-6-4-3-5-7-14/h3-7,13H,8-10H2,1-2H3,(H,22,23,28). The summed E-state index contributed by atoms with van der Waals surface area (Å²) in [5.74, 6) is 2.41. The van der Waals surface area contributed by atoms with Crippen LogP contribution < -0.4 is 5.56 Å². The van der Waals surface area contributed by atoms with Crippen LogP contribution in [0.25, 0.3) is 15.9 Å². The Balaban J connectivity index is 1.48. The largest absolute Gasteiger partial charge is 0.309 e. The second kappa shape index (κ2) is 7.48. The molecule has 0 atom stereocenters. The smallest absolute Gasteiger partial charge is 0.259 e. The van der Waals surface area contributed by atoms with Crippen molar-refractivity contribution in [1.82, 2.24) is 24.7 Å². The molecule has 0 unspecified atom stereocenters. The summed E-state index contributed by atoms with van der Waals surface area (Å²) in [5, 5.41) is 10.1. The number of ketones is 1. The molecule has 1 saturated carbocycles. The quantitative estimate of drug-likeness (QED) is 0.358. The zero-order valence-electron chi connectivity index (χ0n) is 16.5. The minimum atomic E-state index is -0.208. The van der Waals surface area contributed by atoms with Crippen molar-refractivity contribution in [3.63, 3.8) is 0 Å². The van der Waals surface area contributed by atoms with E-state index in [4.69, 9.17) is 0 Å². The first-order valence-electron chi connectivity index (χ1n) is 9.69. The number of thioether (sulfide) groups is 1. The van der Waals surface area contributed by atoms with Crippen molar-refractivity contribution in [2.24, 2.45) is 0 Å². The van der Waals surface area contributed by atoms with Crippen LogP contribution >= 0.6 is 23.1 Å². The number of H-pyrrole nitrogens is 1. The minimum Gasteiger partial charge on any atom is -0.309 e. The Bertz CT molecular complexity index is 1320. The number of rotatable bonds is 6. The molecule has 4 aromatic rings. The summed E-state index contributed by atoms with van der Waals surface area (Å²) in [7, 11) is 0. The molecule has 152 valence electrons.